The maximum atomic E-state index is 16.5. The van der Waals surface area contributed by atoms with Gasteiger partial charge in [-0.25, -0.2) is 0 Å². The van der Waals surface area contributed by atoms with E-state index >= 15 is 55.1 Å². The lowest BCUT2D eigenvalue weighted by Gasteiger charge is -2.36. The van der Waals surface area contributed by atoms with Crippen LogP contribution in [0.4, 0.5) is 37.7 Å². The Morgan fingerprint density at radius 2 is 0.656 bits per heavy atom. The smallest absolute Gasteiger partial charge is 0.391 e. The Balaban J connectivity index is 1.05. The molecule has 128 heavy (non-hydrogen) atoms. The number of Topliss-reactive ketones (excluding diaryl/α,β-unsaturated/α-hetero) is 2. The second kappa shape index (κ2) is 36.9. The van der Waals surface area contributed by atoms with Gasteiger partial charge in [0.25, 0.3) is 29.5 Å². The zero-order chi connectivity index (χ0) is 90.9. The summed E-state index contributed by atoms with van der Waals surface area (Å²) in [5.74, 6) is -13.2. The first-order valence-electron chi connectivity index (χ1n) is 39.9. The number of aryl methyl sites for hydroxylation is 2. The highest BCUT2D eigenvalue weighted by Gasteiger charge is 2.50. The number of carbonyl (C=O) groups is 11. The molecule has 13 aromatic rings. The Morgan fingerprint density at radius 1 is 0.359 bits per heavy atom. The number of nitrogens with one attached hydrogen (secondary N) is 4. The van der Waals surface area contributed by atoms with Crippen LogP contribution in [0.15, 0.2) is 241 Å². The van der Waals surface area contributed by atoms with Gasteiger partial charge in [-0.2, -0.15) is 26.3 Å². The van der Waals surface area contributed by atoms with E-state index in [-0.39, 0.29) is 141 Å². The number of allylic oxidation sites excluding steroid dienone is 2. The summed E-state index contributed by atoms with van der Waals surface area (Å²) in [5.41, 5.74) is 0.124. The van der Waals surface area contributed by atoms with E-state index < -0.39 is 147 Å². The van der Waals surface area contributed by atoms with Gasteiger partial charge in [0.15, 0.2) is 11.6 Å². The Hall–Kier alpha value is -14.0. The van der Waals surface area contributed by atoms with E-state index in [1.807, 2.05) is 0 Å². The van der Waals surface area contributed by atoms with E-state index in [2.05, 4.69) is 41.0 Å². The Kier molecular flexibility index (Phi) is 25.6. The van der Waals surface area contributed by atoms with Crippen molar-refractivity contribution in [2.45, 2.75) is 88.6 Å². The van der Waals surface area contributed by atoms with Gasteiger partial charge in [0.2, 0.25) is 11.8 Å². The summed E-state index contributed by atoms with van der Waals surface area (Å²) >= 11 is 23.2. The number of carbonyl (C=O) groups excluding carboxylic acids is 11. The fourth-order valence-electron chi connectivity index (χ4n) is 16.0. The number of alkyl halides is 6. The molecule has 2 aliphatic rings. The van der Waals surface area contributed by atoms with Crippen LogP contribution in [0, 0.1) is 0 Å². The van der Waals surface area contributed by atoms with Crippen LogP contribution >= 0.6 is 46.4 Å². The number of rotatable bonds is 34. The maximum absolute atomic E-state index is 16.5. The van der Waals surface area contributed by atoms with Gasteiger partial charge in [-0.05, 0) is 168 Å². The number of nitrogens with zero attached hydrogens (tertiary/aromatic N) is 2. The van der Waals surface area contributed by atoms with E-state index in [4.69, 9.17) is 65.4 Å². The molecule has 0 bridgehead atoms. The summed E-state index contributed by atoms with van der Waals surface area (Å²) in [6.45, 7) is 10.5. The molecule has 0 saturated carbocycles. The van der Waals surface area contributed by atoms with Gasteiger partial charge in [-0.1, -0.05) is 176 Å². The summed E-state index contributed by atoms with van der Waals surface area (Å²) in [7, 11) is 0. The van der Waals surface area contributed by atoms with Crippen molar-refractivity contribution < 1.29 is 98.0 Å². The highest BCUT2D eigenvalue weighted by Crippen LogP contribution is 2.59. The fourth-order valence-corrected chi connectivity index (χ4v) is 16.3. The first-order valence-corrected chi connectivity index (χ1v) is 41.4. The molecule has 2 aliphatic heterocycles. The molecular weight excluding hydrogens is 1740 g/mol. The van der Waals surface area contributed by atoms with E-state index in [0.29, 0.717) is 69.5 Å². The second-order valence-corrected chi connectivity index (χ2v) is 32.1. The normalized spacial score (nSPS) is 13.1. The molecule has 8 amide bonds. The topological polar surface area (TPSA) is 279 Å². The lowest BCUT2D eigenvalue weighted by molar-refractivity contribution is -0.151. The predicted molar refractivity (Wildman–Crippen MR) is 474 cm³/mol. The summed E-state index contributed by atoms with van der Waals surface area (Å²) in [5, 5.41) is 8.20. The van der Waals surface area contributed by atoms with Crippen molar-refractivity contribution in [3.05, 3.63) is 286 Å². The van der Waals surface area contributed by atoms with Gasteiger partial charge < -0.3 is 40.2 Å². The van der Waals surface area contributed by atoms with Crippen LogP contribution in [-0.2, 0) is 59.2 Å². The second-order valence-electron chi connectivity index (χ2n) is 30.4. The summed E-state index contributed by atoms with van der Waals surface area (Å²) in [6.07, 6.45) is -13.3. The third-order valence-electron chi connectivity index (χ3n) is 21.9. The van der Waals surface area contributed by atoms with Gasteiger partial charge in [0.05, 0.1) is 50.2 Å². The average molecular weight is 1820 g/mol. The number of ether oxygens (including phenoxy) is 4. The predicted octanol–water partition coefficient (Wildman–Crippen LogP) is 21.4. The molecule has 31 heteroatoms. The fraction of sp³-hybridized carbons (Fsp3) is 0.165. The van der Waals surface area contributed by atoms with Crippen LogP contribution in [0.1, 0.15) is 102 Å². The van der Waals surface area contributed by atoms with E-state index in [1.165, 1.54) is 72.8 Å². The number of ketones is 2. The lowest BCUT2D eigenvalue weighted by atomic mass is 9.80. The quantitative estimate of drug-likeness (QED) is 0.00555. The molecular formula is C97H70Cl4F6N6O15. The van der Waals surface area contributed by atoms with Crippen molar-refractivity contribution in [1.29, 1.82) is 0 Å². The van der Waals surface area contributed by atoms with Crippen LogP contribution in [-0.4, -0.2) is 111 Å². The zero-order valence-electron chi connectivity index (χ0n) is 67.2. The first kappa shape index (κ1) is 88.9. The number of halogens is 10. The summed E-state index contributed by atoms with van der Waals surface area (Å²) < 4.78 is 123. The lowest BCUT2D eigenvalue weighted by Crippen LogP contribution is -2.53. The molecule has 0 fully saturated rings. The molecule has 0 spiro atoms. The standard InChI is InChI=1S/C97H70Cl4F6N6O15/c1-50(98)73(114)22-8-12-53-24-32-59(33-25-53)125-75-44-65-79-66(93(122)112(92(65)121)71(48-96(102,103)104)89(118)110-69-20-10-16-57-14-4-6-18-63(57)69)45-76(126-60-34-26-54(27-35-60)13-9-23-74(115)51(2)99)82-84-78(128-62-38-30-56(31-39-62)41-43-109-91(120)87(101)116)47-68-80-67(46-77(83(86(80)84)81(75)85(79)82)127-61-36-28-55(29-37-61)40-42-108-88(117)52(3)100)94(123)113(95(68)124)72(49-97(105,106)107)90(119)111-70-21-11-17-58-15-5-7-19-64(58)70/h4-7,10-11,14-21,24-39,44-47,71-72H,1-3,8-9,12-13,22-23,40-43,48-49H2,(H,108,117)(H,109,120)(H,110,118)(H,111,119). The number of benzene rings is 13. The van der Waals surface area contributed by atoms with Crippen LogP contribution in [0.3, 0.4) is 0 Å². The molecule has 0 aliphatic carbocycles. The minimum absolute atomic E-state index is 0.00676. The number of imide groups is 2. The van der Waals surface area contributed by atoms with Crippen LogP contribution in [0.2, 0.25) is 0 Å². The van der Waals surface area contributed by atoms with Crippen LogP contribution < -0.4 is 40.2 Å². The SMILES string of the molecule is C=C(Cl)C(=O)CCCc1ccc(Oc2cc3c4c(cc(Oc5ccc(CCCC(=O)C(=C)Cl)cc5)c5c6c(Oc7ccc(CCNC(=O)C(=O)Cl)cc7)cc7c8c(cc(Oc9ccc(CCNC(=O)C(=C)Cl)cc9)c(c2c45)c86)C(=O)N(C(CC(F)(F)F)C(=O)Nc2cccc4ccccc24)C7=O)C(=O)N(C(CC(F)(F)F)C(=O)Nc2cccc4ccccc24)C3=O)cc1. The molecule has 648 valence electrons. The molecule has 0 aromatic heterocycles. The molecule has 21 nitrogen and oxygen atoms in total. The Labute approximate surface area is 744 Å². The van der Waals surface area contributed by atoms with Gasteiger partial charge in [-0.15, -0.1) is 0 Å². The van der Waals surface area contributed by atoms with E-state index in [1.54, 1.807) is 109 Å². The largest absolute Gasteiger partial charge is 0.457 e. The number of anilines is 2. The van der Waals surface area contributed by atoms with Crippen molar-refractivity contribution in [3.8, 4) is 46.0 Å². The van der Waals surface area contributed by atoms with E-state index in [9.17, 15) is 24.0 Å². The monoisotopic (exact) mass is 1810 g/mol. The van der Waals surface area contributed by atoms with Crippen molar-refractivity contribution in [2.75, 3.05) is 23.7 Å². The molecule has 15 rings (SSSR count). The van der Waals surface area contributed by atoms with Crippen molar-refractivity contribution in [3.63, 3.8) is 0 Å². The van der Waals surface area contributed by atoms with Gasteiger partial charge in [-0.3, -0.25) is 62.5 Å². The van der Waals surface area contributed by atoms with Gasteiger partial charge in [0, 0.05) is 91.2 Å². The Bertz CT molecular complexity index is 6130. The van der Waals surface area contributed by atoms with Gasteiger partial charge >= 0.3 is 23.5 Å². The highest BCUT2D eigenvalue weighted by molar-refractivity contribution is 6.80. The molecule has 2 unspecified atom stereocenters. The zero-order valence-corrected chi connectivity index (χ0v) is 70.2. The number of amides is 8. The molecule has 0 radical (unpaired) electrons. The number of fused-ring (bicyclic) bond motifs is 4. The first-order chi connectivity index (χ1) is 61.1. The maximum Gasteiger partial charge on any atom is 0.391 e. The molecule has 4 N–H and O–H groups in total. The van der Waals surface area contributed by atoms with Gasteiger partial charge in [0.1, 0.15) is 58.1 Å². The van der Waals surface area contributed by atoms with Crippen molar-refractivity contribution >= 4 is 186 Å². The highest BCUT2D eigenvalue weighted by atomic mass is 35.5. The van der Waals surface area contributed by atoms with Crippen molar-refractivity contribution in [2.24, 2.45) is 0 Å². The van der Waals surface area contributed by atoms with Crippen molar-refractivity contribution in [1.82, 2.24) is 20.4 Å². The van der Waals surface area contributed by atoms with Crippen LogP contribution in [0.25, 0.3) is 64.6 Å². The number of hydrogen-bond acceptors (Lipinski definition) is 15. The average Bonchev–Trinajstić information content (AvgIpc) is 0.668. The van der Waals surface area contributed by atoms with Crippen LogP contribution in [0.5, 0.6) is 46.0 Å². The molecule has 13 aromatic carbocycles. The minimum atomic E-state index is -5.30. The van der Waals surface area contributed by atoms with E-state index in [0.717, 1.165) is 24.3 Å². The third kappa shape index (κ3) is 18.9. The minimum Gasteiger partial charge on any atom is -0.457 e. The Morgan fingerprint density at radius 3 is 0.953 bits per heavy atom. The third-order valence-corrected chi connectivity index (χ3v) is 22.7. The summed E-state index contributed by atoms with van der Waals surface area (Å²) in [6, 6.07) is 46.3. The number of hydrogen-bond donors (Lipinski definition) is 4. The molecule has 0 saturated heterocycles. The molecule has 2 heterocycles. The molecule has 2 atom stereocenters. The summed E-state index contributed by atoms with van der Waals surface area (Å²) in [4.78, 5) is 159.